The molecule has 0 saturated carbocycles. The van der Waals surface area contributed by atoms with Crippen LogP contribution in [0.2, 0.25) is 0 Å². The van der Waals surface area contributed by atoms with Gasteiger partial charge in [-0.1, -0.05) is 68.6 Å². The minimum atomic E-state index is -4.45. The Hall–Kier alpha value is -1.01. The highest BCUT2D eigenvalue weighted by Crippen LogP contribution is 2.51. The molecule has 0 unspecified atom stereocenters. The molecule has 1 aromatic carbocycles. The minimum absolute atomic E-state index is 0.0562. The van der Waals surface area contributed by atoms with Crippen molar-refractivity contribution in [3.8, 4) is 11.5 Å². The zero-order chi connectivity index (χ0) is 29.8. The van der Waals surface area contributed by atoms with Crippen molar-refractivity contribution in [1.29, 1.82) is 0 Å². The first kappa shape index (κ1) is 33.5. The Balaban J connectivity index is 2.08. The average Bonchev–Trinajstić information content (AvgIpc) is 3.47. The molecule has 1 aromatic rings. The van der Waals surface area contributed by atoms with E-state index in [1.165, 1.54) is 4.31 Å². The SMILES string of the molecule is COCCCOc1cc([C@H]2[C@H](C(C)C)C[C@@H]([C@@H]3C[C@@H](C(C)C)C(=O)O3)N2S(=O)(=O)OCC(Cl)(Cl)Cl)ccc1OC. The normalized spacial score (nSPS) is 26.1. The third-order valence-corrected chi connectivity index (χ3v) is 9.33. The van der Waals surface area contributed by atoms with Gasteiger partial charge in [-0.25, -0.2) is 0 Å². The summed E-state index contributed by atoms with van der Waals surface area (Å²) in [6, 6.07) is 4.04. The molecular formula is C27H40Cl3NO8S. The van der Waals surface area contributed by atoms with E-state index in [1.54, 1.807) is 26.4 Å². The fourth-order valence-corrected chi connectivity index (χ4v) is 7.46. The molecule has 13 heteroatoms. The van der Waals surface area contributed by atoms with E-state index in [-0.39, 0.29) is 29.6 Å². The number of carbonyl (C=O) groups is 1. The fraction of sp³-hybridized carbons (Fsp3) is 0.741. The third-order valence-electron chi connectivity index (χ3n) is 7.58. The molecule has 5 atom stereocenters. The van der Waals surface area contributed by atoms with Crippen molar-refractivity contribution in [3.63, 3.8) is 0 Å². The van der Waals surface area contributed by atoms with Crippen molar-refractivity contribution < 1.29 is 36.3 Å². The Morgan fingerprint density at radius 2 is 1.75 bits per heavy atom. The number of alkyl halides is 3. The summed E-state index contributed by atoms with van der Waals surface area (Å²) in [6.07, 6.45) is 0.892. The molecule has 2 saturated heterocycles. The van der Waals surface area contributed by atoms with Gasteiger partial charge >= 0.3 is 16.3 Å². The zero-order valence-electron chi connectivity index (χ0n) is 23.8. The van der Waals surface area contributed by atoms with Gasteiger partial charge in [0.2, 0.25) is 3.79 Å². The maximum Gasteiger partial charge on any atom is 0.339 e. The first-order valence-corrected chi connectivity index (χ1v) is 15.9. The molecule has 2 heterocycles. The van der Waals surface area contributed by atoms with Crippen molar-refractivity contribution in [1.82, 2.24) is 4.31 Å². The molecular weight excluding hydrogens is 605 g/mol. The van der Waals surface area contributed by atoms with Crippen LogP contribution in [0.1, 0.15) is 58.6 Å². The predicted octanol–water partition coefficient (Wildman–Crippen LogP) is 5.72. The van der Waals surface area contributed by atoms with E-state index in [0.717, 1.165) is 0 Å². The summed E-state index contributed by atoms with van der Waals surface area (Å²) in [6.45, 7) is 8.23. The van der Waals surface area contributed by atoms with Crippen LogP contribution in [0.4, 0.5) is 0 Å². The van der Waals surface area contributed by atoms with Crippen LogP contribution < -0.4 is 9.47 Å². The van der Waals surface area contributed by atoms with Crippen molar-refractivity contribution in [2.45, 2.75) is 68.9 Å². The zero-order valence-corrected chi connectivity index (χ0v) is 26.9. The Labute approximate surface area is 252 Å². The summed E-state index contributed by atoms with van der Waals surface area (Å²) in [5.74, 6) is 0.355. The lowest BCUT2D eigenvalue weighted by Gasteiger charge is -2.33. The molecule has 3 rings (SSSR count). The van der Waals surface area contributed by atoms with E-state index in [9.17, 15) is 13.2 Å². The van der Waals surface area contributed by atoms with Crippen LogP contribution in [0.25, 0.3) is 0 Å². The molecule has 0 spiro atoms. The molecule has 0 amide bonds. The van der Waals surface area contributed by atoms with Crippen molar-refractivity contribution in [3.05, 3.63) is 23.8 Å². The van der Waals surface area contributed by atoms with Gasteiger partial charge in [0.25, 0.3) is 0 Å². The lowest BCUT2D eigenvalue weighted by atomic mass is 9.83. The maximum absolute atomic E-state index is 13.9. The van der Waals surface area contributed by atoms with Crippen LogP contribution in [0.5, 0.6) is 11.5 Å². The second-order valence-electron chi connectivity index (χ2n) is 11.0. The quantitative estimate of drug-likeness (QED) is 0.153. The highest BCUT2D eigenvalue weighted by Gasteiger charge is 2.55. The van der Waals surface area contributed by atoms with Gasteiger partial charge in [0, 0.05) is 20.1 Å². The number of halogens is 3. The van der Waals surface area contributed by atoms with Crippen LogP contribution in [-0.4, -0.2) is 68.7 Å². The Morgan fingerprint density at radius 3 is 2.30 bits per heavy atom. The molecule has 0 radical (unpaired) electrons. The molecule has 2 fully saturated rings. The number of carbonyl (C=O) groups excluding carboxylic acids is 1. The van der Waals surface area contributed by atoms with Crippen molar-refractivity contribution >= 4 is 51.1 Å². The lowest BCUT2D eigenvalue weighted by molar-refractivity contribution is -0.146. The predicted molar refractivity (Wildman–Crippen MR) is 154 cm³/mol. The number of ether oxygens (including phenoxy) is 4. The number of rotatable bonds is 13. The molecule has 0 aliphatic carbocycles. The van der Waals surface area contributed by atoms with Crippen molar-refractivity contribution in [2.24, 2.45) is 23.7 Å². The summed E-state index contributed by atoms with van der Waals surface area (Å²) in [5.41, 5.74) is 0.689. The molecule has 0 N–H and O–H groups in total. The van der Waals surface area contributed by atoms with E-state index in [4.69, 9.17) is 57.9 Å². The summed E-state index contributed by atoms with van der Waals surface area (Å²) >= 11 is 17.6. The molecule has 2 aliphatic heterocycles. The van der Waals surface area contributed by atoms with Gasteiger partial charge < -0.3 is 18.9 Å². The monoisotopic (exact) mass is 643 g/mol. The topological polar surface area (TPSA) is 101 Å². The smallest absolute Gasteiger partial charge is 0.339 e. The number of nitrogens with zero attached hydrogens (tertiary/aromatic N) is 1. The highest BCUT2D eigenvalue weighted by molar-refractivity contribution is 7.84. The van der Waals surface area contributed by atoms with Crippen LogP contribution in [-0.2, 0) is 28.8 Å². The number of hydrogen-bond donors (Lipinski definition) is 0. The van der Waals surface area contributed by atoms with Crippen LogP contribution in [0, 0.1) is 23.7 Å². The van der Waals surface area contributed by atoms with Crippen molar-refractivity contribution in [2.75, 3.05) is 34.0 Å². The van der Waals surface area contributed by atoms with Gasteiger partial charge in [-0.05, 0) is 48.3 Å². The first-order chi connectivity index (χ1) is 18.7. The fourth-order valence-electron chi connectivity index (χ4n) is 5.55. The number of esters is 1. The van der Waals surface area contributed by atoms with Crippen LogP contribution >= 0.6 is 34.8 Å². The van der Waals surface area contributed by atoms with E-state index in [2.05, 4.69) is 0 Å². The van der Waals surface area contributed by atoms with Gasteiger partial charge in [0.1, 0.15) is 12.7 Å². The van der Waals surface area contributed by atoms with Crippen LogP contribution in [0.3, 0.4) is 0 Å². The van der Waals surface area contributed by atoms with Gasteiger partial charge in [0.15, 0.2) is 11.5 Å². The number of benzene rings is 1. The Kier molecular flexibility index (Phi) is 11.7. The Morgan fingerprint density at radius 1 is 1.05 bits per heavy atom. The van der Waals surface area contributed by atoms with Gasteiger partial charge in [0.05, 0.1) is 31.7 Å². The largest absolute Gasteiger partial charge is 0.493 e. The van der Waals surface area contributed by atoms with Gasteiger partial charge in [-0.3, -0.25) is 8.98 Å². The second kappa shape index (κ2) is 14.0. The number of hydrogen-bond acceptors (Lipinski definition) is 8. The summed E-state index contributed by atoms with van der Waals surface area (Å²) in [4.78, 5) is 12.7. The molecule has 0 aromatic heterocycles. The van der Waals surface area contributed by atoms with Crippen LogP contribution in [0.15, 0.2) is 18.2 Å². The third kappa shape index (κ3) is 8.08. The second-order valence-corrected chi connectivity index (χ2v) is 15.0. The summed E-state index contributed by atoms with van der Waals surface area (Å²) in [5, 5.41) is 0. The maximum atomic E-state index is 13.9. The van der Waals surface area contributed by atoms with Gasteiger partial charge in [-0.15, -0.1) is 0 Å². The van der Waals surface area contributed by atoms with E-state index >= 15 is 0 Å². The minimum Gasteiger partial charge on any atom is -0.493 e. The number of cyclic esters (lactones) is 1. The lowest BCUT2D eigenvalue weighted by Crippen LogP contribution is -2.45. The molecule has 9 nitrogen and oxygen atoms in total. The highest BCUT2D eigenvalue weighted by atomic mass is 35.6. The molecule has 2 aliphatic rings. The van der Waals surface area contributed by atoms with Gasteiger partial charge in [-0.2, -0.15) is 12.7 Å². The number of methoxy groups -OCH3 is 2. The standard InChI is InChI=1S/C27H40Cl3NO8S/c1-16(2)19-13-21(23-14-20(17(3)4)26(32)39-23)31(40(33,34)38-15-27(28,29)30)25(19)18-8-9-22(36-6)24(12-18)37-11-7-10-35-5/h8-9,12,16-17,19-21,23,25H,7,10-11,13-15H2,1-6H3/t19-,20-,21-,23-,25-/m0/s1. The van der Waals surface area contributed by atoms with E-state index in [0.29, 0.717) is 49.5 Å². The molecule has 40 heavy (non-hydrogen) atoms. The van der Waals surface area contributed by atoms with E-state index in [1.807, 2.05) is 33.8 Å². The first-order valence-electron chi connectivity index (χ1n) is 13.4. The summed E-state index contributed by atoms with van der Waals surface area (Å²) in [7, 11) is -1.29. The Bertz CT molecular complexity index is 1110. The van der Waals surface area contributed by atoms with E-state index < -0.39 is 38.9 Å². The average molecular weight is 645 g/mol. The summed E-state index contributed by atoms with van der Waals surface area (Å²) < 4.78 is 54.8. The molecule has 0 bridgehead atoms. The molecule has 228 valence electrons.